The van der Waals surface area contributed by atoms with Crippen LogP contribution in [-0.4, -0.2) is 54.1 Å². The average molecular weight is 280 g/mol. The fraction of sp³-hybridized carbons (Fsp3) is 0.714. The Labute approximate surface area is 119 Å². The van der Waals surface area contributed by atoms with E-state index in [9.17, 15) is 4.79 Å². The highest BCUT2D eigenvalue weighted by Crippen LogP contribution is 2.02. The molecule has 0 aliphatic carbocycles. The molecule has 0 aromatic carbocycles. The van der Waals surface area contributed by atoms with Gasteiger partial charge in [0.05, 0.1) is 31.6 Å². The molecule has 0 radical (unpaired) electrons. The summed E-state index contributed by atoms with van der Waals surface area (Å²) in [7, 11) is 0. The molecule has 2 rings (SSSR count). The summed E-state index contributed by atoms with van der Waals surface area (Å²) < 4.78 is 6.83. The van der Waals surface area contributed by atoms with Crippen molar-refractivity contribution in [3.05, 3.63) is 22.6 Å². The van der Waals surface area contributed by atoms with E-state index in [2.05, 4.69) is 29.2 Å². The van der Waals surface area contributed by atoms with E-state index in [-0.39, 0.29) is 5.56 Å². The van der Waals surface area contributed by atoms with Gasteiger partial charge in [0.15, 0.2) is 0 Å². The first kappa shape index (κ1) is 15.0. The minimum absolute atomic E-state index is 0.0491. The van der Waals surface area contributed by atoms with E-state index >= 15 is 0 Å². The van der Waals surface area contributed by atoms with Crippen molar-refractivity contribution in [2.75, 3.05) is 44.7 Å². The molecule has 2 heterocycles. The summed E-state index contributed by atoms with van der Waals surface area (Å²) in [5.74, 6) is 0.541. The van der Waals surface area contributed by atoms with Gasteiger partial charge in [-0.3, -0.25) is 9.69 Å². The Morgan fingerprint density at radius 1 is 1.35 bits per heavy atom. The van der Waals surface area contributed by atoms with Gasteiger partial charge in [-0.2, -0.15) is 5.10 Å². The number of nitrogens with zero attached hydrogens (tertiary/aromatic N) is 3. The third-order valence-electron chi connectivity index (χ3n) is 3.32. The maximum absolute atomic E-state index is 12.0. The molecule has 0 saturated carbocycles. The standard InChI is InChI=1S/C14H24N4O2/c1-12(2)10-15-13-9-14(19)18(16-11-13)4-3-17-5-7-20-8-6-17/h9,11-12,15H,3-8,10H2,1-2H3. The zero-order valence-electron chi connectivity index (χ0n) is 12.3. The van der Waals surface area contributed by atoms with E-state index in [0.29, 0.717) is 12.5 Å². The van der Waals surface area contributed by atoms with Gasteiger partial charge in [-0.15, -0.1) is 0 Å². The number of nitrogens with one attached hydrogen (secondary N) is 1. The van der Waals surface area contributed by atoms with Crippen molar-refractivity contribution in [3.63, 3.8) is 0 Å². The lowest BCUT2D eigenvalue weighted by atomic mass is 10.2. The molecule has 1 aliphatic heterocycles. The van der Waals surface area contributed by atoms with Crippen LogP contribution in [-0.2, 0) is 11.3 Å². The number of rotatable bonds is 6. The van der Waals surface area contributed by atoms with Crippen LogP contribution in [0.25, 0.3) is 0 Å². The second-order valence-corrected chi connectivity index (χ2v) is 5.53. The molecule has 0 unspecified atom stereocenters. The maximum Gasteiger partial charge on any atom is 0.268 e. The molecule has 0 spiro atoms. The maximum atomic E-state index is 12.0. The van der Waals surface area contributed by atoms with Gasteiger partial charge >= 0.3 is 0 Å². The van der Waals surface area contributed by atoms with Crippen molar-refractivity contribution in [1.82, 2.24) is 14.7 Å². The van der Waals surface area contributed by atoms with Gasteiger partial charge in [0, 0.05) is 32.2 Å². The summed E-state index contributed by atoms with van der Waals surface area (Å²) >= 11 is 0. The molecule has 112 valence electrons. The molecule has 1 aliphatic rings. The molecular formula is C14H24N4O2. The Bertz CT molecular complexity index is 466. The van der Waals surface area contributed by atoms with Crippen LogP contribution in [0.1, 0.15) is 13.8 Å². The summed E-state index contributed by atoms with van der Waals surface area (Å²) in [5, 5.41) is 7.44. The first-order chi connectivity index (χ1) is 9.65. The summed E-state index contributed by atoms with van der Waals surface area (Å²) in [4.78, 5) is 14.3. The van der Waals surface area contributed by atoms with E-state index in [0.717, 1.165) is 45.1 Å². The highest BCUT2D eigenvalue weighted by Gasteiger charge is 2.10. The van der Waals surface area contributed by atoms with Crippen molar-refractivity contribution in [3.8, 4) is 0 Å². The molecule has 1 aromatic rings. The zero-order chi connectivity index (χ0) is 14.4. The van der Waals surface area contributed by atoms with E-state index in [4.69, 9.17) is 4.74 Å². The van der Waals surface area contributed by atoms with Crippen molar-refractivity contribution < 1.29 is 4.74 Å². The van der Waals surface area contributed by atoms with Crippen molar-refractivity contribution in [2.24, 2.45) is 5.92 Å². The monoisotopic (exact) mass is 280 g/mol. The second kappa shape index (κ2) is 7.40. The zero-order valence-corrected chi connectivity index (χ0v) is 12.3. The van der Waals surface area contributed by atoms with Gasteiger partial charge in [-0.1, -0.05) is 13.8 Å². The minimum atomic E-state index is -0.0491. The molecule has 1 aromatic heterocycles. The molecule has 1 fully saturated rings. The molecule has 0 bridgehead atoms. The van der Waals surface area contributed by atoms with Gasteiger partial charge in [-0.05, 0) is 5.92 Å². The molecule has 1 saturated heterocycles. The normalized spacial score (nSPS) is 16.6. The highest BCUT2D eigenvalue weighted by molar-refractivity contribution is 5.38. The lowest BCUT2D eigenvalue weighted by molar-refractivity contribution is 0.0358. The fourth-order valence-electron chi connectivity index (χ4n) is 2.08. The Hall–Kier alpha value is -1.40. The van der Waals surface area contributed by atoms with Crippen molar-refractivity contribution >= 4 is 5.69 Å². The molecule has 6 nitrogen and oxygen atoms in total. The van der Waals surface area contributed by atoms with Crippen LogP contribution in [0, 0.1) is 5.92 Å². The van der Waals surface area contributed by atoms with E-state index in [1.807, 2.05) is 0 Å². The summed E-state index contributed by atoms with van der Waals surface area (Å²) in [6.07, 6.45) is 1.73. The third kappa shape index (κ3) is 4.61. The van der Waals surface area contributed by atoms with Gasteiger partial charge in [0.2, 0.25) is 0 Å². The van der Waals surface area contributed by atoms with Gasteiger partial charge in [0.1, 0.15) is 0 Å². The summed E-state index contributed by atoms with van der Waals surface area (Å²) in [5.41, 5.74) is 0.748. The van der Waals surface area contributed by atoms with Gasteiger partial charge in [-0.25, -0.2) is 4.68 Å². The van der Waals surface area contributed by atoms with Crippen molar-refractivity contribution in [2.45, 2.75) is 20.4 Å². The Kier molecular flexibility index (Phi) is 5.55. The molecule has 0 amide bonds. The van der Waals surface area contributed by atoms with Crippen LogP contribution >= 0.6 is 0 Å². The number of hydrogen-bond acceptors (Lipinski definition) is 5. The molecular weight excluding hydrogens is 256 g/mol. The smallest absolute Gasteiger partial charge is 0.268 e. The molecule has 1 N–H and O–H groups in total. The SMILES string of the molecule is CC(C)CNc1cnn(CCN2CCOCC2)c(=O)c1. The van der Waals surface area contributed by atoms with Crippen LogP contribution in [0.5, 0.6) is 0 Å². The van der Waals surface area contributed by atoms with Crippen LogP contribution in [0.15, 0.2) is 17.1 Å². The van der Waals surface area contributed by atoms with Crippen LogP contribution in [0.2, 0.25) is 0 Å². The number of morpholine rings is 1. The Morgan fingerprint density at radius 3 is 2.75 bits per heavy atom. The Balaban J connectivity index is 1.87. The second-order valence-electron chi connectivity index (χ2n) is 5.53. The fourth-order valence-corrected chi connectivity index (χ4v) is 2.08. The van der Waals surface area contributed by atoms with Crippen molar-refractivity contribution in [1.29, 1.82) is 0 Å². The number of anilines is 1. The molecule has 20 heavy (non-hydrogen) atoms. The topological polar surface area (TPSA) is 59.4 Å². The van der Waals surface area contributed by atoms with E-state index < -0.39 is 0 Å². The van der Waals surface area contributed by atoms with Crippen LogP contribution in [0.3, 0.4) is 0 Å². The molecule has 6 heteroatoms. The number of aromatic nitrogens is 2. The lowest BCUT2D eigenvalue weighted by Crippen LogP contribution is -2.39. The van der Waals surface area contributed by atoms with E-state index in [1.165, 1.54) is 4.68 Å². The summed E-state index contributed by atoms with van der Waals surface area (Å²) in [6, 6.07) is 1.62. The van der Waals surface area contributed by atoms with Gasteiger partial charge < -0.3 is 10.1 Å². The number of hydrogen-bond donors (Lipinski definition) is 1. The first-order valence-corrected chi connectivity index (χ1v) is 7.26. The first-order valence-electron chi connectivity index (χ1n) is 7.26. The predicted molar refractivity (Wildman–Crippen MR) is 79.1 cm³/mol. The van der Waals surface area contributed by atoms with Gasteiger partial charge in [0.25, 0.3) is 5.56 Å². The third-order valence-corrected chi connectivity index (χ3v) is 3.32. The average Bonchev–Trinajstić information content (AvgIpc) is 2.45. The predicted octanol–water partition coefficient (Wildman–Crippen LogP) is 0.643. The Morgan fingerprint density at radius 2 is 2.10 bits per heavy atom. The van der Waals surface area contributed by atoms with Crippen LogP contribution in [0.4, 0.5) is 5.69 Å². The summed E-state index contributed by atoms with van der Waals surface area (Å²) in [6.45, 7) is 10.00. The highest BCUT2D eigenvalue weighted by atomic mass is 16.5. The largest absolute Gasteiger partial charge is 0.383 e. The minimum Gasteiger partial charge on any atom is -0.383 e. The lowest BCUT2D eigenvalue weighted by Gasteiger charge is -2.26. The molecule has 0 atom stereocenters. The quantitative estimate of drug-likeness (QED) is 0.829. The van der Waals surface area contributed by atoms with E-state index in [1.54, 1.807) is 12.3 Å². The van der Waals surface area contributed by atoms with Crippen LogP contribution < -0.4 is 10.9 Å². The number of ether oxygens (including phenoxy) is 1.